The van der Waals surface area contributed by atoms with Gasteiger partial charge in [-0.15, -0.1) is 0 Å². The Balaban J connectivity index is 1.87. The largest absolute Gasteiger partial charge is 0.481 e. The zero-order valence-electron chi connectivity index (χ0n) is 13.8. The molecule has 6 nitrogen and oxygen atoms in total. The van der Waals surface area contributed by atoms with E-state index in [1.54, 1.807) is 59.8 Å². The normalized spacial score (nSPS) is 19.2. The second-order valence-corrected chi connectivity index (χ2v) is 6.16. The van der Waals surface area contributed by atoms with Gasteiger partial charge in [0.2, 0.25) is 0 Å². The van der Waals surface area contributed by atoms with Crippen molar-refractivity contribution in [2.45, 2.75) is 18.5 Å². The van der Waals surface area contributed by atoms with Gasteiger partial charge in [0, 0.05) is 24.5 Å². The van der Waals surface area contributed by atoms with Crippen LogP contribution >= 0.6 is 0 Å². The number of carbonyl (C=O) groups excluding carboxylic acids is 1. The summed E-state index contributed by atoms with van der Waals surface area (Å²) in [5.41, 5.74) is 1.74. The van der Waals surface area contributed by atoms with Crippen molar-refractivity contribution in [3.8, 4) is 0 Å². The van der Waals surface area contributed by atoms with E-state index in [9.17, 15) is 14.7 Å². The van der Waals surface area contributed by atoms with Gasteiger partial charge in [-0.05, 0) is 35.4 Å². The van der Waals surface area contributed by atoms with Crippen molar-refractivity contribution in [3.63, 3.8) is 0 Å². The molecule has 0 fully saturated rings. The predicted molar refractivity (Wildman–Crippen MR) is 92.4 cm³/mol. The SMILES string of the molecule is O=C(O)C1c2ccccc2C(=O)N(Cc2cccnc2)C1c1ccco1. The van der Waals surface area contributed by atoms with Gasteiger partial charge in [-0.2, -0.15) is 0 Å². The summed E-state index contributed by atoms with van der Waals surface area (Å²) in [4.78, 5) is 30.9. The van der Waals surface area contributed by atoms with Gasteiger partial charge in [0.15, 0.2) is 0 Å². The number of furan rings is 1. The quantitative estimate of drug-likeness (QED) is 0.782. The van der Waals surface area contributed by atoms with E-state index in [-0.39, 0.29) is 12.5 Å². The molecule has 0 radical (unpaired) electrons. The monoisotopic (exact) mass is 348 g/mol. The Morgan fingerprint density at radius 1 is 1.15 bits per heavy atom. The van der Waals surface area contributed by atoms with Crippen LogP contribution in [0.5, 0.6) is 0 Å². The summed E-state index contributed by atoms with van der Waals surface area (Å²) < 4.78 is 5.51. The van der Waals surface area contributed by atoms with Crippen LogP contribution < -0.4 is 0 Å². The molecule has 0 aliphatic carbocycles. The van der Waals surface area contributed by atoms with Crippen LogP contribution in [-0.4, -0.2) is 26.9 Å². The lowest BCUT2D eigenvalue weighted by Gasteiger charge is -2.39. The molecule has 26 heavy (non-hydrogen) atoms. The molecule has 0 saturated heterocycles. The Bertz CT molecular complexity index is 937. The summed E-state index contributed by atoms with van der Waals surface area (Å²) in [6.45, 7) is 0.246. The maximum atomic E-state index is 13.2. The fourth-order valence-corrected chi connectivity index (χ4v) is 3.50. The van der Waals surface area contributed by atoms with Gasteiger partial charge < -0.3 is 14.4 Å². The second kappa shape index (κ2) is 6.48. The van der Waals surface area contributed by atoms with E-state index < -0.39 is 17.9 Å². The molecule has 0 bridgehead atoms. The molecule has 0 spiro atoms. The topological polar surface area (TPSA) is 83.6 Å². The van der Waals surface area contributed by atoms with Crippen molar-refractivity contribution >= 4 is 11.9 Å². The number of hydrogen-bond donors (Lipinski definition) is 1. The minimum Gasteiger partial charge on any atom is -0.481 e. The molecule has 2 aromatic heterocycles. The fraction of sp³-hybridized carbons (Fsp3) is 0.150. The lowest BCUT2D eigenvalue weighted by molar-refractivity contribution is -0.141. The molecule has 0 saturated carbocycles. The molecule has 2 unspecified atom stereocenters. The summed E-state index contributed by atoms with van der Waals surface area (Å²) in [7, 11) is 0. The molecule has 1 amide bonds. The highest BCUT2D eigenvalue weighted by Gasteiger charge is 2.45. The zero-order chi connectivity index (χ0) is 18.1. The van der Waals surface area contributed by atoms with E-state index in [2.05, 4.69) is 4.98 Å². The maximum Gasteiger partial charge on any atom is 0.313 e. The highest BCUT2D eigenvalue weighted by Crippen LogP contribution is 2.43. The number of fused-ring (bicyclic) bond motifs is 1. The Morgan fingerprint density at radius 3 is 2.69 bits per heavy atom. The molecular weight excluding hydrogens is 332 g/mol. The molecule has 6 heteroatoms. The van der Waals surface area contributed by atoms with E-state index >= 15 is 0 Å². The van der Waals surface area contributed by atoms with Crippen molar-refractivity contribution in [3.05, 3.63) is 89.6 Å². The number of pyridine rings is 1. The number of amides is 1. The number of carboxylic acids is 1. The molecule has 1 aliphatic rings. The van der Waals surface area contributed by atoms with Gasteiger partial charge in [0.1, 0.15) is 17.7 Å². The van der Waals surface area contributed by atoms with Crippen LogP contribution in [-0.2, 0) is 11.3 Å². The van der Waals surface area contributed by atoms with Crippen LogP contribution in [0.3, 0.4) is 0 Å². The summed E-state index contributed by atoms with van der Waals surface area (Å²) in [5.74, 6) is -1.68. The number of carboxylic acid groups (broad SMARTS) is 1. The van der Waals surface area contributed by atoms with Gasteiger partial charge in [-0.3, -0.25) is 14.6 Å². The van der Waals surface area contributed by atoms with E-state index in [0.29, 0.717) is 16.9 Å². The van der Waals surface area contributed by atoms with Gasteiger partial charge >= 0.3 is 5.97 Å². The lowest BCUT2D eigenvalue weighted by atomic mass is 9.81. The number of nitrogens with zero attached hydrogens (tertiary/aromatic N) is 2. The standard InChI is InChI=1S/C20H16N2O4/c23-19-15-7-2-1-6-14(15)17(20(24)25)18(16-8-4-10-26-16)22(19)12-13-5-3-9-21-11-13/h1-11,17-18H,12H2,(H,24,25). The van der Waals surface area contributed by atoms with Crippen molar-refractivity contribution in [2.75, 3.05) is 0 Å². The fourth-order valence-electron chi connectivity index (χ4n) is 3.50. The number of aromatic nitrogens is 1. The Morgan fingerprint density at radius 2 is 2.00 bits per heavy atom. The third-order valence-corrected chi connectivity index (χ3v) is 4.62. The van der Waals surface area contributed by atoms with Crippen molar-refractivity contribution in [2.24, 2.45) is 0 Å². The highest BCUT2D eigenvalue weighted by atomic mass is 16.4. The second-order valence-electron chi connectivity index (χ2n) is 6.16. The third kappa shape index (κ3) is 2.65. The highest BCUT2D eigenvalue weighted by molar-refractivity contribution is 6.00. The van der Waals surface area contributed by atoms with Gasteiger partial charge in [-0.1, -0.05) is 24.3 Å². The van der Waals surface area contributed by atoms with Gasteiger partial charge in [-0.25, -0.2) is 0 Å². The number of hydrogen-bond acceptors (Lipinski definition) is 4. The molecule has 1 N–H and O–H groups in total. The molecule has 2 atom stereocenters. The average Bonchev–Trinajstić information content (AvgIpc) is 3.18. The molecule has 130 valence electrons. The Hall–Kier alpha value is -3.41. The van der Waals surface area contributed by atoms with Crippen LogP contribution in [0.15, 0.2) is 71.6 Å². The van der Waals surface area contributed by atoms with Crippen molar-refractivity contribution < 1.29 is 19.1 Å². The van der Waals surface area contributed by atoms with Crippen molar-refractivity contribution in [1.82, 2.24) is 9.88 Å². The smallest absolute Gasteiger partial charge is 0.313 e. The summed E-state index contributed by atoms with van der Waals surface area (Å²) in [6.07, 6.45) is 4.81. The number of carbonyl (C=O) groups is 2. The van der Waals surface area contributed by atoms with Crippen LogP contribution in [0.2, 0.25) is 0 Å². The summed E-state index contributed by atoms with van der Waals surface area (Å²) >= 11 is 0. The number of aliphatic carboxylic acids is 1. The molecule has 4 rings (SSSR count). The van der Waals surface area contributed by atoms with Crippen molar-refractivity contribution in [1.29, 1.82) is 0 Å². The van der Waals surface area contributed by atoms with E-state index in [4.69, 9.17) is 4.42 Å². The maximum absolute atomic E-state index is 13.2. The van der Waals surface area contributed by atoms with E-state index in [1.807, 2.05) is 6.07 Å². The van der Waals surface area contributed by atoms with Gasteiger partial charge in [0.25, 0.3) is 5.91 Å². The lowest BCUT2D eigenvalue weighted by Crippen LogP contribution is -2.44. The zero-order valence-corrected chi connectivity index (χ0v) is 13.8. The Labute approximate surface area is 149 Å². The molecular formula is C20H16N2O4. The predicted octanol–water partition coefficient (Wildman–Crippen LogP) is 3.24. The number of benzene rings is 1. The third-order valence-electron chi connectivity index (χ3n) is 4.62. The Kier molecular flexibility index (Phi) is 4.01. The first kappa shape index (κ1) is 16.1. The average molecular weight is 348 g/mol. The molecule has 1 aromatic carbocycles. The van der Waals surface area contributed by atoms with Crippen LogP contribution in [0.4, 0.5) is 0 Å². The van der Waals surface area contributed by atoms with E-state index in [1.165, 1.54) is 6.26 Å². The first-order valence-corrected chi connectivity index (χ1v) is 8.22. The van der Waals surface area contributed by atoms with E-state index in [0.717, 1.165) is 5.56 Å². The summed E-state index contributed by atoms with van der Waals surface area (Å²) in [6, 6.07) is 13.2. The first-order valence-electron chi connectivity index (χ1n) is 8.22. The molecule has 3 heterocycles. The number of rotatable bonds is 4. The summed E-state index contributed by atoms with van der Waals surface area (Å²) in [5, 5.41) is 9.93. The first-order chi connectivity index (χ1) is 12.7. The van der Waals surface area contributed by atoms with Gasteiger partial charge in [0.05, 0.1) is 6.26 Å². The minimum absolute atomic E-state index is 0.219. The van der Waals surface area contributed by atoms with Crippen LogP contribution in [0, 0.1) is 0 Å². The molecule has 3 aromatic rings. The molecule has 1 aliphatic heterocycles. The minimum atomic E-state index is -0.998. The van der Waals surface area contributed by atoms with Crippen LogP contribution in [0.1, 0.15) is 39.2 Å². The van der Waals surface area contributed by atoms with Crippen LogP contribution in [0.25, 0.3) is 0 Å².